The first-order valence-electron chi connectivity index (χ1n) is 10.3. The van der Waals surface area contributed by atoms with Crippen LogP contribution < -0.4 is 4.74 Å². The molecule has 3 rings (SSSR count). The predicted molar refractivity (Wildman–Crippen MR) is 118 cm³/mol. The average molecular weight is 389 g/mol. The Morgan fingerprint density at radius 1 is 0.862 bits per heavy atom. The molecular formula is C26H28O3. The molecule has 0 saturated heterocycles. The Balaban J connectivity index is 1.75. The van der Waals surface area contributed by atoms with E-state index in [-0.39, 0.29) is 23.2 Å². The normalized spacial score (nSPS) is 10.9. The first kappa shape index (κ1) is 20.7. The molecule has 0 heterocycles. The van der Waals surface area contributed by atoms with Gasteiger partial charge in [0, 0.05) is 11.6 Å². The van der Waals surface area contributed by atoms with Gasteiger partial charge in [0.1, 0.15) is 11.5 Å². The molecule has 0 fully saturated rings. The van der Waals surface area contributed by atoms with E-state index in [2.05, 4.69) is 13.8 Å². The maximum absolute atomic E-state index is 12.9. The Labute approximate surface area is 173 Å². The number of ether oxygens (including phenoxy) is 1. The highest BCUT2D eigenvalue weighted by Crippen LogP contribution is 2.28. The summed E-state index contributed by atoms with van der Waals surface area (Å²) in [5.74, 6) is 0.351. The number of carbonyl (C=O) groups is 1. The third-order valence-corrected chi connectivity index (χ3v) is 4.99. The molecule has 3 nitrogen and oxygen atoms in total. The fraction of sp³-hybridized carbons (Fsp3) is 0.269. The number of rotatable bonds is 9. The molecule has 0 radical (unpaired) electrons. The maximum atomic E-state index is 12.9. The molecule has 150 valence electrons. The van der Waals surface area contributed by atoms with Crippen molar-refractivity contribution in [3.05, 3.63) is 83.9 Å². The van der Waals surface area contributed by atoms with E-state index in [1.807, 2.05) is 42.5 Å². The van der Waals surface area contributed by atoms with Gasteiger partial charge < -0.3 is 9.84 Å². The fourth-order valence-corrected chi connectivity index (χ4v) is 3.48. The lowest BCUT2D eigenvalue weighted by molar-refractivity contribution is 0.103. The topological polar surface area (TPSA) is 46.5 Å². The number of hydrogen-bond acceptors (Lipinski definition) is 3. The van der Waals surface area contributed by atoms with Gasteiger partial charge in [-0.25, -0.2) is 0 Å². The third-order valence-electron chi connectivity index (χ3n) is 4.99. The van der Waals surface area contributed by atoms with Crippen molar-refractivity contribution in [1.82, 2.24) is 0 Å². The Morgan fingerprint density at radius 3 is 2.07 bits per heavy atom. The van der Waals surface area contributed by atoms with Gasteiger partial charge in [-0.1, -0.05) is 81.3 Å². The summed E-state index contributed by atoms with van der Waals surface area (Å²) >= 11 is 0. The van der Waals surface area contributed by atoms with Crippen LogP contribution in [0.4, 0.5) is 0 Å². The third kappa shape index (κ3) is 5.26. The van der Waals surface area contributed by atoms with Crippen LogP contribution in [0.3, 0.4) is 0 Å². The SMILES string of the molecule is CCCC(CCC)Oc1ccc(C(=O)c2ccc(-c3ccccc3)cc2)c(O)c1. The summed E-state index contributed by atoms with van der Waals surface area (Å²) < 4.78 is 6.01. The van der Waals surface area contributed by atoms with Crippen LogP contribution in [0.15, 0.2) is 72.8 Å². The zero-order valence-corrected chi connectivity index (χ0v) is 17.1. The minimum atomic E-state index is -0.202. The predicted octanol–water partition coefficient (Wildman–Crippen LogP) is 6.64. The van der Waals surface area contributed by atoms with Gasteiger partial charge in [0.05, 0.1) is 11.7 Å². The highest BCUT2D eigenvalue weighted by molar-refractivity contribution is 6.10. The highest BCUT2D eigenvalue weighted by Gasteiger charge is 2.16. The van der Waals surface area contributed by atoms with Crippen LogP contribution in [0.25, 0.3) is 11.1 Å². The summed E-state index contributed by atoms with van der Waals surface area (Å²) in [4.78, 5) is 12.9. The van der Waals surface area contributed by atoms with Gasteiger partial charge in [-0.15, -0.1) is 0 Å². The molecule has 0 atom stereocenters. The van der Waals surface area contributed by atoms with Crippen LogP contribution in [0, 0.1) is 0 Å². The first-order chi connectivity index (χ1) is 14.1. The minimum Gasteiger partial charge on any atom is -0.507 e. The fourth-order valence-electron chi connectivity index (χ4n) is 3.48. The second-order valence-corrected chi connectivity index (χ2v) is 7.27. The van der Waals surface area contributed by atoms with E-state index in [1.54, 1.807) is 30.3 Å². The molecule has 3 aromatic rings. The van der Waals surface area contributed by atoms with Crippen LogP contribution >= 0.6 is 0 Å². The minimum absolute atomic E-state index is 0.0496. The van der Waals surface area contributed by atoms with Gasteiger partial charge in [-0.05, 0) is 36.1 Å². The molecular weight excluding hydrogens is 360 g/mol. The summed E-state index contributed by atoms with van der Waals surface area (Å²) in [6.07, 6.45) is 4.18. The van der Waals surface area contributed by atoms with Gasteiger partial charge in [0.15, 0.2) is 5.78 Å². The molecule has 0 amide bonds. The Kier molecular flexibility index (Phi) is 7.07. The Hall–Kier alpha value is -3.07. The number of ketones is 1. The van der Waals surface area contributed by atoms with E-state index in [1.165, 1.54) is 0 Å². The first-order valence-corrected chi connectivity index (χ1v) is 10.3. The number of phenols is 1. The lowest BCUT2D eigenvalue weighted by atomic mass is 9.99. The van der Waals surface area contributed by atoms with Crippen LogP contribution in [0.5, 0.6) is 11.5 Å². The molecule has 0 aliphatic heterocycles. The largest absolute Gasteiger partial charge is 0.507 e. The zero-order chi connectivity index (χ0) is 20.6. The standard InChI is InChI=1S/C26H28O3/c1-3-8-22(9-4-2)29-23-16-17-24(25(27)18-23)26(28)21-14-12-20(13-15-21)19-10-6-5-7-11-19/h5-7,10-18,22,27H,3-4,8-9H2,1-2H3. The summed E-state index contributed by atoms with van der Waals surface area (Å²) in [5.41, 5.74) is 2.98. The second-order valence-electron chi connectivity index (χ2n) is 7.27. The van der Waals surface area contributed by atoms with Crippen molar-refractivity contribution in [2.45, 2.75) is 45.6 Å². The Morgan fingerprint density at radius 2 is 1.48 bits per heavy atom. The molecule has 0 bridgehead atoms. The average Bonchev–Trinajstić information content (AvgIpc) is 2.74. The highest BCUT2D eigenvalue weighted by atomic mass is 16.5. The molecule has 1 N–H and O–H groups in total. The van der Waals surface area contributed by atoms with Crippen molar-refractivity contribution in [1.29, 1.82) is 0 Å². The van der Waals surface area contributed by atoms with Crippen molar-refractivity contribution in [2.75, 3.05) is 0 Å². The van der Waals surface area contributed by atoms with Crippen molar-refractivity contribution in [3.8, 4) is 22.6 Å². The molecule has 3 aromatic carbocycles. The van der Waals surface area contributed by atoms with E-state index < -0.39 is 0 Å². The van der Waals surface area contributed by atoms with Gasteiger partial charge in [0.2, 0.25) is 0 Å². The quantitative estimate of drug-likeness (QED) is 0.418. The van der Waals surface area contributed by atoms with Crippen molar-refractivity contribution in [2.24, 2.45) is 0 Å². The maximum Gasteiger partial charge on any atom is 0.196 e. The summed E-state index contributed by atoms with van der Waals surface area (Å²) in [6, 6.07) is 22.4. The summed E-state index contributed by atoms with van der Waals surface area (Å²) in [5, 5.41) is 10.4. The van der Waals surface area contributed by atoms with Crippen LogP contribution in [0.2, 0.25) is 0 Å². The van der Waals surface area contributed by atoms with E-state index >= 15 is 0 Å². The number of phenolic OH excluding ortho intramolecular Hbond substituents is 1. The lowest BCUT2D eigenvalue weighted by Crippen LogP contribution is -2.16. The van der Waals surface area contributed by atoms with Crippen LogP contribution in [0.1, 0.15) is 55.5 Å². The molecule has 0 aliphatic rings. The van der Waals surface area contributed by atoms with Crippen molar-refractivity contribution in [3.63, 3.8) is 0 Å². The van der Waals surface area contributed by atoms with E-state index in [0.717, 1.165) is 36.8 Å². The van der Waals surface area contributed by atoms with Gasteiger partial charge in [-0.3, -0.25) is 4.79 Å². The van der Waals surface area contributed by atoms with Gasteiger partial charge in [-0.2, -0.15) is 0 Å². The number of carbonyl (C=O) groups excluding carboxylic acids is 1. The summed E-state index contributed by atoms with van der Waals surface area (Å²) in [6.45, 7) is 4.27. The molecule has 0 saturated carbocycles. The van der Waals surface area contributed by atoms with Crippen molar-refractivity contribution < 1.29 is 14.6 Å². The van der Waals surface area contributed by atoms with Crippen molar-refractivity contribution >= 4 is 5.78 Å². The van der Waals surface area contributed by atoms with E-state index in [9.17, 15) is 9.90 Å². The molecule has 3 heteroatoms. The van der Waals surface area contributed by atoms with Crippen LogP contribution in [-0.2, 0) is 0 Å². The Bertz CT molecular complexity index is 924. The zero-order valence-electron chi connectivity index (χ0n) is 17.1. The van der Waals surface area contributed by atoms with Crippen LogP contribution in [-0.4, -0.2) is 17.0 Å². The molecule has 0 aromatic heterocycles. The molecule has 0 unspecified atom stereocenters. The molecule has 29 heavy (non-hydrogen) atoms. The van der Waals surface area contributed by atoms with E-state index in [4.69, 9.17) is 4.74 Å². The summed E-state index contributed by atoms with van der Waals surface area (Å²) in [7, 11) is 0. The number of hydrogen-bond donors (Lipinski definition) is 1. The number of benzene rings is 3. The number of aromatic hydroxyl groups is 1. The molecule has 0 aliphatic carbocycles. The lowest BCUT2D eigenvalue weighted by Gasteiger charge is -2.18. The van der Waals surface area contributed by atoms with Gasteiger partial charge >= 0.3 is 0 Å². The van der Waals surface area contributed by atoms with E-state index in [0.29, 0.717) is 11.3 Å². The molecule has 0 spiro atoms. The smallest absolute Gasteiger partial charge is 0.196 e. The van der Waals surface area contributed by atoms with Gasteiger partial charge in [0.25, 0.3) is 0 Å². The monoisotopic (exact) mass is 388 g/mol. The second kappa shape index (κ2) is 9.92.